The van der Waals surface area contributed by atoms with Gasteiger partial charge in [-0.25, -0.2) is 9.97 Å². The molecule has 0 spiro atoms. The van der Waals surface area contributed by atoms with E-state index in [0.717, 1.165) is 113 Å². The highest BCUT2D eigenvalue weighted by molar-refractivity contribution is 6.12. The normalized spacial score (nSPS) is 11.2. The van der Waals surface area contributed by atoms with Crippen molar-refractivity contribution in [2.45, 2.75) is 387 Å². The average Bonchev–Trinajstić information content (AvgIpc) is 0.877. The molecule has 0 atom stereocenters. The van der Waals surface area contributed by atoms with Crippen LogP contribution in [0.1, 0.15) is 432 Å². The first kappa shape index (κ1) is 113. The highest BCUT2D eigenvalue weighted by Gasteiger charge is 2.25. The van der Waals surface area contributed by atoms with Gasteiger partial charge in [0.2, 0.25) is 0 Å². The van der Waals surface area contributed by atoms with E-state index in [-0.39, 0.29) is 33.4 Å². The van der Waals surface area contributed by atoms with Crippen molar-refractivity contribution >= 4 is 85.6 Å². The van der Waals surface area contributed by atoms with Crippen LogP contribution in [0.25, 0.3) is 96.5 Å². The van der Waals surface area contributed by atoms with Crippen LogP contribution in [0.4, 0.5) is 11.4 Å². The van der Waals surface area contributed by atoms with Gasteiger partial charge >= 0.3 is 0 Å². The maximum atomic E-state index is 11.1. The van der Waals surface area contributed by atoms with Gasteiger partial charge in [-0.2, -0.15) is 42.1 Å². The lowest BCUT2D eigenvalue weighted by Gasteiger charge is -2.26. The summed E-state index contributed by atoms with van der Waals surface area (Å²) in [4.78, 5) is 23.1. The molecule has 14 heteroatoms. The van der Waals surface area contributed by atoms with E-state index in [0.29, 0.717) is 61.0 Å². The van der Waals surface area contributed by atoms with Gasteiger partial charge in [-0.05, 0) is 155 Å². The molecule has 0 aliphatic carbocycles. The zero-order chi connectivity index (χ0) is 101. The highest BCUT2D eigenvalue weighted by atomic mass is 15.1. The van der Waals surface area contributed by atoms with E-state index >= 15 is 0 Å². The summed E-state index contributed by atoms with van der Waals surface area (Å²) in [6, 6.07) is 68.9. The first-order valence-corrected chi connectivity index (χ1v) is 56.4. The number of nitrogens with zero attached hydrogens (tertiary/aromatic N) is 12. The van der Waals surface area contributed by atoms with Crippen molar-refractivity contribution in [2.75, 3.05) is 36.0 Å². The quantitative estimate of drug-likeness (QED) is 0.0205. The number of unbranched alkanes of at least 4 members (excludes halogenated alkanes) is 52. The number of fused-ring (bicyclic) bond motifs is 8. The predicted octanol–water partition coefficient (Wildman–Crippen LogP) is 35.7. The molecule has 0 fully saturated rings. The summed E-state index contributed by atoms with van der Waals surface area (Å²) in [6.45, 7) is 12.9. The van der Waals surface area contributed by atoms with Crippen molar-refractivity contribution in [3.63, 3.8) is 0 Å². The zero-order valence-corrected chi connectivity index (χ0v) is 88.1. The molecule has 144 heavy (non-hydrogen) atoms. The molecule has 0 unspecified atom stereocenters. The fourth-order valence-electron chi connectivity index (χ4n) is 20.8. The van der Waals surface area contributed by atoms with Crippen molar-refractivity contribution in [1.29, 1.82) is 42.1 Å². The summed E-state index contributed by atoms with van der Waals surface area (Å²) >= 11 is 0. The minimum atomic E-state index is -0.221. The third kappa shape index (κ3) is 37.7. The van der Waals surface area contributed by atoms with E-state index < -0.39 is 0 Å². The van der Waals surface area contributed by atoms with E-state index in [9.17, 15) is 42.1 Å². The van der Waals surface area contributed by atoms with Crippen molar-refractivity contribution in [1.82, 2.24) is 19.9 Å². The molecule has 0 amide bonds. The zero-order valence-electron chi connectivity index (χ0n) is 88.1. The van der Waals surface area contributed by atoms with Crippen LogP contribution in [-0.2, 0) is 0 Å². The standard InChI is InChI=1S/C130H164N14/c1-5-9-13-17-21-25-29-33-37-41-45-49-53-57-89-143(90-58-54-50-46-42-38-34-30-26-22-18-14-10-6-2)119-81-73-107(74-82-119)125(104-63-61-103(62-64-104)111(95-131)96-132)126(112(97-133)98-134)105-65-69-109(70-66-105)129-121-85-77-115(139-121)93-117-79-87-123(141-117)130(124-88-80-118(142-124)94-116-78-86-122(129)140-116)110-71-67-106(68-72-110)127(113(99-135)100-136)128(114(101-137)102-138)108-75-83-120(84-76-108)144(91-59-55-51-47-43-39-35-31-27-23-19-15-11-7-3)92-60-56-52-48-44-40-36-32-28-24-20-16-12-8-4/h61-88,93-94,139,142H,5-60,89-92H2,1-4H3. The molecule has 5 heterocycles. The van der Waals surface area contributed by atoms with Crippen molar-refractivity contribution in [2.24, 2.45) is 0 Å². The summed E-state index contributed by atoms with van der Waals surface area (Å²) in [5, 5.41) is 86.8. The number of aromatic amines is 2. The molecule has 0 saturated heterocycles. The predicted molar refractivity (Wildman–Crippen MR) is 606 cm³/mol. The number of H-pyrrole nitrogens is 2. The van der Waals surface area contributed by atoms with Gasteiger partial charge in [0.1, 0.15) is 70.8 Å². The largest absolute Gasteiger partial charge is 0.372 e. The molecule has 754 valence electrons. The van der Waals surface area contributed by atoms with E-state index in [1.54, 1.807) is 12.1 Å². The lowest BCUT2D eigenvalue weighted by Crippen LogP contribution is -2.25. The van der Waals surface area contributed by atoms with E-state index in [1.165, 1.54) is 334 Å². The second-order valence-corrected chi connectivity index (χ2v) is 40.3. The Balaban J connectivity index is 0.906. The van der Waals surface area contributed by atoms with Crippen LogP contribution in [0.3, 0.4) is 0 Å². The van der Waals surface area contributed by atoms with Crippen LogP contribution in [0.2, 0.25) is 0 Å². The van der Waals surface area contributed by atoms with Gasteiger partial charge in [0.25, 0.3) is 0 Å². The topological polar surface area (TPSA) is 254 Å². The average molecular weight is 1920 g/mol. The summed E-state index contributed by atoms with van der Waals surface area (Å²) in [6.07, 6.45) is 81.2. The van der Waals surface area contributed by atoms with Crippen LogP contribution < -0.4 is 20.2 Å². The molecule has 2 N–H and O–H groups in total. The number of nitrogens with one attached hydrogen (secondary N) is 2. The fraction of sp³-hybridized carbons (Fsp3) is 0.492. The second kappa shape index (κ2) is 67.7. The van der Waals surface area contributed by atoms with Gasteiger partial charge in [-0.1, -0.05) is 459 Å². The SMILES string of the molecule is CCCCCCCCCCCCCCCCN(CCCCCCCCCCCCCCCC)c1ccc(C(=C(C#N)C#N)C(=C(C#N)C#N)c2ccc(-c3c4nc(cc5ccc([nH]5)c(-c5ccc(C(=C(C#N)C#N)C(c6ccc(N(CCCCCCCCCCCCCCCC)CCCCCCCCCCCCCCCC)cc6)=c6ccc(=C(C#N)C#N)cc6)cc5)c5nc(cc6ccc3[nH]6)C=C5)C=C4)cc2)cc1. The maximum Gasteiger partial charge on any atom is 0.138 e. The summed E-state index contributed by atoms with van der Waals surface area (Å²) in [7, 11) is 0. The molecule has 5 aromatic carbocycles. The number of rotatable bonds is 70. The second-order valence-electron chi connectivity index (χ2n) is 40.3. The van der Waals surface area contributed by atoms with E-state index in [2.05, 4.69) is 120 Å². The molecule has 8 bridgehead atoms. The summed E-state index contributed by atoms with van der Waals surface area (Å²) < 4.78 is 0. The van der Waals surface area contributed by atoms with Gasteiger partial charge in [-0.15, -0.1) is 0 Å². The van der Waals surface area contributed by atoms with Gasteiger partial charge in [-0.3, -0.25) is 0 Å². The van der Waals surface area contributed by atoms with Gasteiger partial charge in [0, 0.05) is 92.7 Å². The smallest absolute Gasteiger partial charge is 0.138 e. The maximum absolute atomic E-state index is 11.1. The lowest BCUT2D eigenvalue weighted by molar-refractivity contribution is 0.529. The number of benzene rings is 5. The number of allylic oxidation sites excluding steroid dienone is 6. The van der Waals surface area contributed by atoms with E-state index in [1.807, 2.05) is 146 Å². The number of anilines is 2. The molecular weight excluding hydrogens is 1760 g/mol. The van der Waals surface area contributed by atoms with E-state index in [4.69, 9.17) is 9.97 Å². The molecule has 0 saturated carbocycles. The highest BCUT2D eigenvalue weighted by Crippen LogP contribution is 2.42. The Hall–Kier alpha value is -12.8. The van der Waals surface area contributed by atoms with Gasteiger partial charge < -0.3 is 19.8 Å². The van der Waals surface area contributed by atoms with Gasteiger partial charge in [0.05, 0.1) is 22.8 Å². The third-order valence-corrected chi connectivity index (χ3v) is 29.1. The van der Waals surface area contributed by atoms with Crippen LogP contribution in [0, 0.1) is 90.6 Å². The van der Waals surface area contributed by atoms with Crippen LogP contribution in [-0.4, -0.2) is 46.1 Å². The summed E-state index contributed by atoms with van der Waals surface area (Å²) in [5.41, 5.74) is 14.8. The van der Waals surface area contributed by atoms with Crippen LogP contribution >= 0.6 is 0 Å². The number of nitriles is 8. The summed E-state index contributed by atoms with van der Waals surface area (Å²) in [5.74, 6) is 0. The van der Waals surface area contributed by atoms with Crippen molar-refractivity contribution in [3.05, 3.63) is 230 Å². The van der Waals surface area contributed by atoms with Gasteiger partial charge in [0.15, 0.2) is 0 Å². The molecule has 14 nitrogen and oxygen atoms in total. The first-order chi connectivity index (χ1) is 71.0. The minimum absolute atomic E-state index is 0.0147. The van der Waals surface area contributed by atoms with Crippen LogP contribution in [0.5, 0.6) is 0 Å². The Bertz CT molecular complexity index is 5930. The molecule has 0 radical (unpaired) electrons. The fourth-order valence-corrected chi connectivity index (χ4v) is 20.8. The Morgan fingerprint density at radius 3 is 0.757 bits per heavy atom. The molecule has 3 aromatic heterocycles. The van der Waals surface area contributed by atoms with Crippen molar-refractivity contribution < 1.29 is 0 Å². The lowest BCUT2D eigenvalue weighted by atomic mass is 9.85. The Morgan fingerprint density at radius 2 is 0.486 bits per heavy atom. The Labute approximate surface area is 865 Å². The number of hydrogen-bond donors (Lipinski definition) is 2. The minimum Gasteiger partial charge on any atom is -0.372 e. The monoisotopic (exact) mass is 1920 g/mol. The molecule has 8 aromatic rings. The molecule has 2 aliphatic heterocycles. The number of aromatic nitrogens is 4. The number of hydrogen-bond acceptors (Lipinski definition) is 12. The third-order valence-electron chi connectivity index (χ3n) is 29.1. The molecular formula is C130H164N14. The molecule has 2 aliphatic rings. The Morgan fingerprint density at radius 1 is 0.243 bits per heavy atom. The molecule has 10 rings (SSSR count). The Kier molecular flexibility index (Phi) is 53.2. The van der Waals surface area contributed by atoms with Crippen molar-refractivity contribution in [3.8, 4) is 70.8 Å². The first-order valence-electron chi connectivity index (χ1n) is 56.4. The van der Waals surface area contributed by atoms with Crippen LogP contribution in [0.15, 0.2) is 174 Å².